The van der Waals surface area contributed by atoms with Gasteiger partial charge in [-0.2, -0.15) is 0 Å². The SMILES string of the molecule is CC(=O)OC(c1cn2ccncc2n1)C1C(=O)N([Si](C)(C)C(C)(C)C)C1SC(c1ccccc1)(c1ccccc1)c1ccccc1. The summed E-state index contributed by atoms with van der Waals surface area (Å²) in [7, 11) is -2.42. The summed E-state index contributed by atoms with van der Waals surface area (Å²) in [6, 6.07) is 31.5. The number of esters is 1. The van der Waals surface area contributed by atoms with Crippen LogP contribution in [-0.2, 0) is 19.1 Å². The van der Waals surface area contributed by atoms with Crippen LogP contribution in [0, 0.1) is 5.92 Å². The van der Waals surface area contributed by atoms with E-state index < -0.39 is 31.0 Å². The predicted molar refractivity (Wildman–Crippen MR) is 186 cm³/mol. The van der Waals surface area contributed by atoms with Crippen molar-refractivity contribution < 1.29 is 14.3 Å². The molecule has 3 heterocycles. The maximum Gasteiger partial charge on any atom is 0.303 e. The van der Waals surface area contributed by atoms with Gasteiger partial charge in [-0.05, 0) is 21.7 Å². The molecular formula is C37H40N4O3SSi. The zero-order chi connectivity index (χ0) is 32.7. The average Bonchev–Trinajstić information content (AvgIpc) is 3.48. The van der Waals surface area contributed by atoms with Gasteiger partial charge in [0.15, 0.2) is 20.0 Å². The van der Waals surface area contributed by atoms with Crippen LogP contribution in [0.3, 0.4) is 0 Å². The van der Waals surface area contributed by atoms with E-state index in [9.17, 15) is 9.59 Å². The number of imidazole rings is 1. The Kier molecular flexibility index (Phi) is 8.41. The second kappa shape index (κ2) is 12.2. The van der Waals surface area contributed by atoms with Gasteiger partial charge in [-0.3, -0.25) is 14.6 Å². The molecule has 0 radical (unpaired) electrons. The predicted octanol–water partition coefficient (Wildman–Crippen LogP) is 7.85. The first-order valence-corrected chi connectivity index (χ1v) is 19.4. The van der Waals surface area contributed by atoms with E-state index in [-0.39, 0.29) is 16.3 Å². The van der Waals surface area contributed by atoms with Gasteiger partial charge in [0.25, 0.3) is 0 Å². The van der Waals surface area contributed by atoms with E-state index in [4.69, 9.17) is 9.72 Å². The van der Waals surface area contributed by atoms with Crippen LogP contribution in [0.15, 0.2) is 116 Å². The first kappa shape index (κ1) is 31.8. The quantitative estimate of drug-likeness (QED) is 0.0702. The Morgan fingerprint density at radius 1 is 0.891 bits per heavy atom. The number of nitrogens with zero attached hydrogens (tertiary/aromatic N) is 4. The fraction of sp³-hybridized carbons (Fsp3) is 0.297. The van der Waals surface area contributed by atoms with Crippen LogP contribution < -0.4 is 0 Å². The number of carbonyl (C=O) groups excluding carboxylic acids is 2. The zero-order valence-corrected chi connectivity index (χ0v) is 28.9. The molecule has 9 heteroatoms. The number of thioether (sulfide) groups is 1. The summed E-state index contributed by atoms with van der Waals surface area (Å²) < 4.78 is 9.38. The molecule has 46 heavy (non-hydrogen) atoms. The number of hydrogen-bond donors (Lipinski definition) is 0. The minimum absolute atomic E-state index is 0.00592. The van der Waals surface area contributed by atoms with E-state index in [2.05, 4.69) is 116 Å². The van der Waals surface area contributed by atoms with Crippen LogP contribution in [0.25, 0.3) is 5.65 Å². The highest BCUT2D eigenvalue weighted by Crippen LogP contribution is 2.59. The van der Waals surface area contributed by atoms with Crippen LogP contribution in [-0.4, -0.2) is 44.4 Å². The largest absolute Gasteiger partial charge is 0.455 e. The summed E-state index contributed by atoms with van der Waals surface area (Å²) in [6.07, 6.45) is 6.12. The number of ether oxygens (including phenoxy) is 1. The van der Waals surface area contributed by atoms with E-state index in [1.807, 2.05) is 28.8 Å². The number of amides is 1. The average molecular weight is 649 g/mol. The number of aromatic nitrogens is 3. The summed E-state index contributed by atoms with van der Waals surface area (Å²) in [5, 5.41) is -0.450. The number of benzene rings is 3. The lowest BCUT2D eigenvalue weighted by Gasteiger charge is -2.60. The Bertz CT molecular complexity index is 1710. The van der Waals surface area contributed by atoms with Gasteiger partial charge in [0.1, 0.15) is 11.6 Å². The first-order chi connectivity index (χ1) is 21.9. The lowest BCUT2D eigenvalue weighted by Crippen LogP contribution is -2.73. The number of carbonyl (C=O) groups is 2. The van der Waals surface area contributed by atoms with E-state index in [1.54, 1.807) is 30.4 Å². The Hall–Kier alpha value is -4.21. The Morgan fingerprint density at radius 3 is 1.87 bits per heavy atom. The van der Waals surface area contributed by atoms with Gasteiger partial charge in [0.05, 0.1) is 16.3 Å². The fourth-order valence-corrected chi connectivity index (χ4v) is 11.2. The van der Waals surface area contributed by atoms with E-state index in [1.165, 1.54) is 6.92 Å². The minimum atomic E-state index is -2.42. The third-order valence-corrected chi connectivity index (χ3v) is 16.9. The molecular weight excluding hydrogens is 609 g/mol. The lowest BCUT2D eigenvalue weighted by atomic mass is 9.84. The molecule has 0 saturated carbocycles. The first-order valence-electron chi connectivity index (χ1n) is 15.6. The summed E-state index contributed by atoms with van der Waals surface area (Å²) in [5.74, 6) is -1.12. The molecule has 0 aliphatic carbocycles. The normalized spacial score (nSPS) is 17.9. The molecule has 0 N–H and O–H groups in total. The molecule has 0 spiro atoms. The van der Waals surface area contributed by atoms with Crippen molar-refractivity contribution in [3.05, 3.63) is 138 Å². The molecule has 1 aliphatic rings. The highest BCUT2D eigenvalue weighted by atomic mass is 32.2. The molecule has 7 nitrogen and oxygen atoms in total. The van der Waals surface area contributed by atoms with Crippen LogP contribution in [0.1, 0.15) is 56.2 Å². The highest BCUT2D eigenvalue weighted by molar-refractivity contribution is 8.01. The molecule has 6 rings (SSSR count). The van der Waals surface area contributed by atoms with Crippen molar-refractivity contribution in [2.45, 2.75) is 62.1 Å². The van der Waals surface area contributed by atoms with Gasteiger partial charge in [-0.25, -0.2) is 4.98 Å². The smallest absolute Gasteiger partial charge is 0.303 e. The molecule has 1 fully saturated rings. The van der Waals surface area contributed by atoms with E-state index >= 15 is 0 Å². The van der Waals surface area contributed by atoms with Crippen molar-refractivity contribution >= 4 is 37.5 Å². The van der Waals surface area contributed by atoms with Gasteiger partial charge >= 0.3 is 5.97 Å². The molecule has 5 aromatic rings. The zero-order valence-electron chi connectivity index (χ0n) is 27.1. The number of fused-ring (bicyclic) bond motifs is 1. The molecule has 3 unspecified atom stereocenters. The van der Waals surface area contributed by atoms with Crippen LogP contribution in [0.4, 0.5) is 0 Å². The Labute approximate surface area is 276 Å². The van der Waals surface area contributed by atoms with Crippen LogP contribution >= 0.6 is 11.8 Å². The maximum atomic E-state index is 14.7. The third-order valence-electron chi connectivity index (χ3n) is 9.55. The monoisotopic (exact) mass is 648 g/mol. The number of rotatable bonds is 9. The third kappa shape index (κ3) is 5.45. The van der Waals surface area contributed by atoms with Crippen molar-refractivity contribution in [1.82, 2.24) is 18.9 Å². The fourth-order valence-electron chi connectivity index (χ4n) is 6.25. The topological polar surface area (TPSA) is 76.8 Å². The molecule has 1 amide bonds. The van der Waals surface area contributed by atoms with Crippen LogP contribution in [0.2, 0.25) is 18.1 Å². The van der Waals surface area contributed by atoms with E-state index in [0.717, 1.165) is 16.7 Å². The highest BCUT2D eigenvalue weighted by Gasteiger charge is 2.63. The second-order valence-corrected chi connectivity index (χ2v) is 19.8. The summed E-state index contributed by atoms with van der Waals surface area (Å²) in [6.45, 7) is 12.6. The van der Waals surface area contributed by atoms with E-state index in [0.29, 0.717) is 11.3 Å². The molecule has 3 aromatic carbocycles. The Balaban J connectivity index is 1.58. The van der Waals surface area contributed by atoms with Crippen molar-refractivity contribution in [2.24, 2.45) is 5.92 Å². The number of hydrogen-bond acceptors (Lipinski definition) is 6. The number of β-lactam (4-membered cyclic amide) rings is 1. The Morgan fingerprint density at radius 2 is 1.41 bits per heavy atom. The van der Waals surface area contributed by atoms with Crippen molar-refractivity contribution in [3.63, 3.8) is 0 Å². The molecule has 3 atom stereocenters. The summed E-state index contributed by atoms with van der Waals surface area (Å²) >= 11 is 1.76. The second-order valence-electron chi connectivity index (χ2n) is 13.4. The van der Waals surface area contributed by atoms with Crippen LogP contribution in [0.5, 0.6) is 0 Å². The van der Waals surface area contributed by atoms with Gasteiger partial charge in [-0.1, -0.05) is 125 Å². The van der Waals surface area contributed by atoms with Gasteiger partial charge in [0.2, 0.25) is 5.91 Å². The minimum Gasteiger partial charge on any atom is -0.455 e. The van der Waals surface area contributed by atoms with Crippen molar-refractivity contribution in [1.29, 1.82) is 0 Å². The van der Waals surface area contributed by atoms with Crippen molar-refractivity contribution in [3.8, 4) is 0 Å². The molecule has 236 valence electrons. The molecule has 2 aromatic heterocycles. The van der Waals surface area contributed by atoms with Gasteiger partial charge < -0.3 is 13.7 Å². The van der Waals surface area contributed by atoms with Gasteiger partial charge in [0, 0.05) is 25.5 Å². The lowest BCUT2D eigenvalue weighted by molar-refractivity contribution is -0.163. The molecule has 1 aliphatic heterocycles. The summed E-state index contributed by atoms with van der Waals surface area (Å²) in [4.78, 5) is 36.4. The standard InChI is InChI=1S/C37H40N4O3SSi/c1-26(42)44-33(30-25-40-23-22-38-24-31(40)39-30)32-34(43)41(46(5,6)36(2,3)4)35(32)45-37(27-16-10-7-11-17-27,28-18-12-8-13-19-28)29-20-14-9-15-21-29/h7-25,32-33,35H,1-6H3. The molecule has 1 saturated heterocycles. The summed E-state index contributed by atoms with van der Waals surface area (Å²) in [5.41, 5.74) is 4.47. The molecule has 0 bridgehead atoms. The maximum absolute atomic E-state index is 14.7. The van der Waals surface area contributed by atoms with Crippen molar-refractivity contribution in [2.75, 3.05) is 0 Å². The van der Waals surface area contributed by atoms with Gasteiger partial charge in [-0.15, -0.1) is 11.8 Å².